The van der Waals surface area contributed by atoms with Gasteiger partial charge in [0.2, 0.25) is 0 Å². The number of nitrogens with one attached hydrogen (secondary N) is 1. The maximum Gasteiger partial charge on any atom is 0.255 e. The number of nitrogens with zero attached hydrogens (tertiary/aromatic N) is 3. The van der Waals surface area contributed by atoms with Gasteiger partial charge in [-0.2, -0.15) is 5.10 Å². The highest BCUT2D eigenvalue weighted by molar-refractivity contribution is 6.04. The van der Waals surface area contributed by atoms with Gasteiger partial charge >= 0.3 is 0 Å². The van der Waals surface area contributed by atoms with E-state index in [-0.39, 0.29) is 5.91 Å². The summed E-state index contributed by atoms with van der Waals surface area (Å²) in [5, 5.41) is 7.56. The zero-order valence-corrected chi connectivity index (χ0v) is 16.7. The molecule has 1 aliphatic rings. The Bertz CT molecular complexity index is 1000. The van der Waals surface area contributed by atoms with E-state index < -0.39 is 0 Å². The molecule has 1 aliphatic heterocycles. The lowest BCUT2D eigenvalue weighted by Crippen LogP contribution is -2.31. The van der Waals surface area contributed by atoms with Gasteiger partial charge in [0.25, 0.3) is 5.91 Å². The Hall–Kier alpha value is -3.08. The molecule has 28 heavy (non-hydrogen) atoms. The van der Waals surface area contributed by atoms with Crippen LogP contribution in [-0.4, -0.2) is 22.2 Å². The fourth-order valence-electron chi connectivity index (χ4n) is 3.77. The van der Waals surface area contributed by atoms with E-state index >= 15 is 0 Å². The van der Waals surface area contributed by atoms with Crippen molar-refractivity contribution >= 4 is 17.4 Å². The van der Waals surface area contributed by atoms with E-state index in [1.807, 2.05) is 57.2 Å². The van der Waals surface area contributed by atoms with E-state index in [4.69, 9.17) is 0 Å². The van der Waals surface area contributed by atoms with Crippen LogP contribution in [0.5, 0.6) is 0 Å². The molecule has 5 nitrogen and oxygen atoms in total. The Balaban J connectivity index is 1.45. The van der Waals surface area contributed by atoms with Gasteiger partial charge < -0.3 is 10.2 Å². The molecular weight excluding hydrogens is 348 g/mol. The molecule has 0 saturated carbocycles. The van der Waals surface area contributed by atoms with E-state index in [1.165, 1.54) is 16.9 Å². The lowest BCUT2D eigenvalue weighted by atomic mass is 10.1. The van der Waals surface area contributed by atoms with Crippen LogP contribution in [0.25, 0.3) is 0 Å². The van der Waals surface area contributed by atoms with Crippen LogP contribution < -0.4 is 10.2 Å². The second-order valence-corrected chi connectivity index (χ2v) is 7.61. The van der Waals surface area contributed by atoms with Crippen molar-refractivity contribution in [2.45, 2.75) is 40.3 Å². The summed E-state index contributed by atoms with van der Waals surface area (Å²) in [4.78, 5) is 14.9. The summed E-state index contributed by atoms with van der Waals surface area (Å²) in [6.45, 7) is 8.93. The molecule has 0 aliphatic carbocycles. The molecule has 0 fully saturated rings. The molecule has 3 aromatic rings. The molecule has 1 N–H and O–H groups in total. The number of anilines is 2. The molecule has 0 spiro atoms. The zero-order valence-electron chi connectivity index (χ0n) is 16.7. The number of carbonyl (C=O) groups is 1. The summed E-state index contributed by atoms with van der Waals surface area (Å²) < 4.78 is 2.09. The van der Waals surface area contributed by atoms with E-state index in [9.17, 15) is 4.79 Å². The Kier molecular flexibility index (Phi) is 4.90. The van der Waals surface area contributed by atoms with Crippen LogP contribution in [0, 0.1) is 20.8 Å². The Morgan fingerprint density at radius 1 is 1.04 bits per heavy atom. The van der Waals surface area contributed by atoms with Crippen LogP contribution in [0.2, 0.25) is 0 Å². The van der Waals surface area contributed by atoms with Gasteiger partial charge in [-0.1, -0.05) is 29.8 Å². The van der Waals surface area contributed by atoms with Gasteiger partial charge in [0.1, 0.15) is 5.82 Å². The third kappa shape index (κ3) is 3.79. The monoisotopic (exact) mass is 374 g/mol. The first kappa shape index (κ1) is 18.3. The summed E-state index contributed by atoms with van der Waals surface area (Å²) in [6, 6.07) is 16.1. The Morgan fingerprint density at radius 3 is 2.57 bits per heavy atom. The molecule has 2 aromatic carbocycles. The predicted octanol–water partition coefficient (Wildman–Crippen LogP) is 4.47. The smallest absolute Gasteiger partial charge is 0.255 e. The van der Waals surface area contributed by atoms with E-state index in [0.29, 0.717) is 5.56 Å². The maximum absolute atomic E-state index is 12.6. The average Bonchev–Trinajstić information content (AvgIpc) is 3.06. The molecule has 0 bridgehead atoms. The Morgan fingerprint density at radius 2 is 1.82 bits per heavy atom. The molecule has 0 unspecified atom stereocenters. The minimum Gasteiger partial charge on any atom is -0.352 e. The molecule has 0 radical (unpaired) electrons. The molecule has 4 rings (SSSR count). The van der Waals surface area contributed by atoms with Crippen molar-refractivity contribution in [3.8, 4) is 0 Å². The van der Waals surface area contributed by atoms with Gasteiger partial charge in [0.05, 0.1) is 5.69 Å². The molecule has 0 saturated heterocycles. The lowest BCUT2D eigenvalue weighted by molar-refractivity contribution is 0.102. The summed E-state index contributed by atoms with van der Waals surface area (Å²) in [6.07, 6.45) is 1.10. The number of fused-ring (bicyclic) bond motifs is 1. The molecule has 1 amide bonds. The van der Waals surface area contributed by atoms with Gasteiger partial charge in [-0.15, -0.1) is 0 Å². The lowest BCUT2D eigenvalue weighted by Gasteiger charge is -2.29. The normalized spacial score (nSPS) is 13.3. The summed E-state index contributed by atoms with van der Waals surface area (Å²) in [7, 11) is 0. The largest absolute Gasteiger partial charge is 0.352 e. The number of amides is 1. The second kappa shape index (κ2) is 7.50. The van der Waals surface area contributed by atoms with E-state index in [1.54, 1.807) is 0 Å². The highest BCUT2D eigenvalue weighted by Crippen LogP contribution is 2.24. The van der Waals surface area contributed by atoms with Gasteiger partial charge in [-0.25, -0.2) is 4.68 Å². The van der Waals surface area contributed by atoms with Crippen LogP contribution in [-0.2, 0) is 13.1 Å². The number of hydrogen-bond acceptors (Lipinski definition) is 3. The number of rotatable bonds is 4. The SMILES string of the molecule is Cc1ccc(NC(=O)c2ccc(CN3CCCn4nc(C)cc43)cc2)c(C)c1. The molecule has 5 heteroatoms. The zero-order chi connectivity index (χ0) is 19.7. The minimum absolute atomic E-state index is 0.0785. The van der Waals surface area contributed by atoms with Gasteiger partial charge in [-0.05, 0) is 56.5 Å². The number of carbonyl (C=O) groups excluding carboxylic acids is 1. The standard InChI is InChI=1S/C23H26N4O/c1-16-5-10-21(17(2)13-16)24-23(28)20-8-6-19(7-9-20)15-26-11-4-12-27-22(26)14-18(3)25-27/h5-10,13-14H,4,11-12,15H2,1-3H3,(H,24,28). The third-order valence-corrected chi connectivity index (χ3v) is 5.22. The average molecular weight is 374 g/mol. The van der Waals surface area contributed by atoms with Crippen LogP contribution in [0.4, 0.5) is 11.5 Å². The maximum atomic E-state index is 12.6. The van der Waals surface area contributed by atoms with Gasteiger partial charge in [0, 0.05) is 37.0 Å². The fourth-order valence-corrected chi connectivity index (χ4v) is 3.77. The molecular formula is C23H26N4O. The molecule has 0 atom stereocenters. The second-order valence-electron chi connectivity index (χ2n) is 7.61. The summed E-state index contributed by atoms with van der Waals surface area (Å²) in [5.74, 6) is 1.10. The van der Waals surface area contributed by atoms with Crippen LogP contribution in [0.3, 0.4) is 0 Å². The fraction of sp³-hybridized carbons (Fsp3) is 0.304. The number of benzene rings is 2. The van der Waals surface area contributed by atoms with E-state index in [2.05, 4.69) is 32.1 Å². The topological polar surface area (TPSA) is 50.2 Å². The van der Waals surface area contributed by atoms with Crippen molar-refractivity contribution in [1.82, 2.24) is 9.78 Å². The van der Waals surface area contributed by atoms with Crippen molar-refractivity contribution in [2.75, 3.05) is 16.8 Å². The van der Waals surface area contributed by atoms with Crippen molar-refractivity contribution < 1.29 is 4.79 Å². The number of aryl methyl sites for hydroxylation is 4. The quantitative estimate of drug-likeness (QED) is 0.733. The van der Waals surface area contributed by atoms with Gasteiger partial charge in [0.15, 0.2) is 0 Å². The van der Waals surface area contributed by atoms with Crippen molar-refractivity contribution in [2.24, 2.45) is 0 Å². The first-order valence-corrected chi connectivity index (χ1v) is 9.76. The highest BCUT2D eigenvalue weighted by Gasteiger charge is 2.18. The first-order valence-electron chi connectivity index (χ1n) is 9.76. The van der Waals surface area contributed by atoms with Crippen LogP contribution >= 0.6 is 0 Å². The third-order valence-electron chi connectivity index (χ3n) is 5.22. The minimum atomic E-state index is -0.0785. The van der Waals surface area contributed by atoms with Crippen LogP contribution in [0.1, 0.15) is 39.2 Å². The number of aromatic nitrogens is 2. The highest BCUT2D eigenvalue weighted by atomic mass is 16.1. The summed E-state index contributed by atoms with van der Waals surface area (Å²) >= 11 is 0. The first-order chi connectivity index (χ1) is 13.5. The molecule has 2 heterocycles. The number of hydrogen-bond donors (Lipinski definition) is 1. The van der Waals surface area contributed by atoms with Gasteiger partial charge in [-0.3, -0.25) is 4.79 Å². The predicted molar refractivity (Wildman–Crippen MR) is 113 cm³/mol. The van der Waals surface area contributed by atoms with Crippen molar-refractivity contribution in [1.29, 1.82) is 0 Å². The Labute approximate surface area is 166 Å². The van der Waals surface area contributed by atoms with Crippen molar-refractivity contribution in [3.05, 3.63) is 76.5 Å². The van der Waals surface area contributed by atoms with E-state index in [0.717, 1.165) is 43.0 Å². The van der Waals surface area contributed by atoms with Crippen molar-refractivity contribution in [3.63, 3.8) is 0 Å². The molecule has 1 aromatic heterocycles. The summed E-state index contributed by atoms with van der Waals surface area (Å²) in [5.41, 5.74) is 6.03. The molecule has 144 valence electrons. The van der Waals surface area contributed by atoms with Crippen LogP contribution in [0.15, 0.2) is 48.5 Å².